The van der Waals surface area contributed by atoms with Gasteiger partial charge in [0.15, 0.2) is 0 Å². The second kappa shape index (κ2) is 4.51. The average Bonchev–Trinajstić information content (AvgIpc) is 2.47. The standard InChI is InChI=1S/C17H32O/c1-11(10-18)13-7-8-14-15(9-13)17(5,6)12(2)16(14,3)4/h11-15,18H,7-10H2,1-6H3. The first-order valence-corrected chi connectivity index (χ1v) is 7.83. The topological polar surface area (TPSA) is 20.2 Å². The van der Waals surface area contributed by atoms with Gasteiger partial charge in [-0.05, 0) is 59.7 Å². The normalized spacial score (nSPS) is 43.5. The number of hydrogen-bond acceptors (Lipinski definition) is 1. The predicted octanol–water partition coefficient (Wildman–Crippen LogP) is 4.35. The number of aliphatic hydroxyl groups excluding tert-OH is 1. The molecule has 18 heavy (non-hydrogen) atoms. The zero-order chi connectivity index (χ0) is 13.7. The van der Waals surface area contributed by atoms with E-state index in [0.29, 0.717) is 23.4 Å². The maximum atomic E-state index is 9.41. The predicted molar refractivity (Wildman–Crippen MR) is 77.3 cm³/mol. The molecule has 0 aliphatic heterocycles. The molecule has 1 nitrogen and oxygen atoms in total. The lowest BCUT2D eigenvalue weighted by Gasteiger charge is -2.42. The third-order valence-corrected chi connectivity index (χ3v) is 7.13. The summed E-state index contributed by atoms with van der Waals surface area (Å²) in [6.07, 6.45) is 4.04. The van der Waals surface area contributed by atoms with Gasteiger partial charge in [0.2, 0.25) is 0 Å². The lowest BCUT2D eigenvalue weighted by atomic mass is 9.64. The van der Waals surface area contributed by atoms with Gasteiger partial charge in [-0.15, -0.1) is 0 Å². The van der Waals surface area contributed by atoms with E-state index in [0.717, 1.165) is 23.7 Å². The van der Waals surface area contributed by atoms with Crippen molar-refractivity contribution in [1.82, 2.24) is 0 Å². The van der Waals surface area contributed by atoms with Gasteiger partial charge in [0.25, 0.3) is 0 Å². The van der Waals surface area contributed by atoms with Crippen LogP contribution in [0.3, 0.4) is 0 Å². The van der Waals surface area contributed by atoms with Gasteiger partial charge in [0.1, 0.15) is 0 Å². The summed E-state index contributed by atoms with van der Waals surface area (Å²) in [6, 6.07) is 0. The van der Waals surface area contributed by atoms with E-state index in [1.807, 2.05) is 0 Å². The van der Waals surface area contributed by atoms with Gasteiger partial charge >= 0.3 is 0 Å². The van der Waals surface area contributed by atoms with Crippen LogP contribution in [-0.2, 0) is 0 Å². The maximum absolute atomic E-state index is 9.41. The second-order valence-electron chi connectivity index (χ2n) is 8.31. The summed E-state index contributed by atoms with van der Waals surface area (Å²) in [7, 11) is 0. The first-order valence-electron chi connectivity index (χ1n) is 7.83. The zero-order valence-corrected chi connectivity index (χ0v) is 13.2. The van der Waals surface area contributed by atoms with Crippen LogP contribution in [-0.4, -0.2) is 11.7 Å². The SMILES string of the molecule is CC(CO)C1CCC2C(C1)C(C)(C)C(C)C2(C)C. The van der Waals surface area contributed by atoms with Crippen molar-refractivity contribution in [3.05, 3.63) is 0 Å². The first kappa shape index (κ1) is 14.4. The minimum Gasteiger partial charge on any atom is -0.396 e. The van der Waals surface area contributed by atoms with Crippen LogP contribution < -0.4 is 0 Å². The summed E-state index contributed by atoms with van der Waals surface area (Å²) in [5.74, 6) is 3.78. The van der Waals surface area contributed by atoms with Crippen LogP contribution >= 0.6 is 0 Å². The molecule has 0 spiro atoms. The number of aliphatic hydroxyl groups is 1. The van der Waals surface area contributed by atoms with E-state index in [-0.39, 0.29) is 0 Å². The van der Waals surface area contributed by atoms with Crippen molar-refractivity contribution in [3.63, 3.8) is 0 Å². The average molecular weight is 252 g/mol. The Kier molecular flexibility index (Phi) is 3.60. The summed E-state index contributed by atoms with van der Waals surface area (Å²) >= 11 is 0. The molecule has 0 aromatic rings. The van der Waals surface area contributed by atoms with Gasteiger partial charge in [-0.1, -0.05) is 41.5 Å². The molecule has 0 saturated heterocycles. The Morgan fingerprint density at radius 3 is 2.17 bits per heavy atom. The fourth-order valence-electron chi connectivity index (χ4n) is 5.18. The summed E-state index contributed by atoms with van der Waals surface area (Å²) in [5, 5.41) is 9.41. The Bertz CT molecular complexity index is 305. The van der Waals surface area contributed by atoms with E-state index in [9.17, 15) is 5.11 Å². The highest BCUT2D eigenvalue weighted by molar-refractivity contribution is 5.07. The number of hydrogen-bond donors (Lipinski definition) is 1. The lowest BCUT2D eigenvalue weighted by Crippen LogP contribution is -2.34. The van der Waals surface area contributed by atoms with E-state index in [1.165, 1.54) is 19.3 Å². The van der Waals surface area contributed by atoms with Crippen LogP contribution in [0.5, 0.6) is 0 Å². The molecule has 0 aromatic carbocycles. The summed E-state index contributed by atoms with van der Waals surface area (Å²) in [4.78, 5) is 0. The molecule has 2 rings (SSSR count). The van der Waals surface area contributed by atoms with Crippen molar-refractivity contribution in [2.45, 2.75) is 60.8 Å². The van der Waals surface area contributed by atoms with Gasteiger partial charge in [0, 0.05) is 6.61 Å². The minimum atomic E-state index is 0.363. The number of fused-ring (bicyclic) bond motifs is 1. The van der Waals surface area contributed by atoms with Crippen LogP contribution in [0.1, 0.15) is 60.8 Å². The fraction of sp³-hybridized carbons (Fsp3) is 1.00. The minimum absolute atomic E-state index is 0.363. The molecule has 5 unspecified atom stereocenters. The van der Waals surface area contributed by atoms with Gasteiger partial charge in [-0.25, -0.2) is 0 Å². The Hall–Kier alpha value is -0.0400. The lowest BCUT2D eigenvalue weighted by molar-refractivity contribution is 0.0603. The van der Waals surface area contributed by atoms with E-state index in [4.69, 9.17) is 0 Å². The molecule has 2 fully saturated rings. The molecule has 0 bridgehead atoms. The third-order valence-electron chi connectivity index (χ3n) is 7.13. The maximum Gasteiger partial charge on any atom is 0.0459 e. The molecule has 5 atom stereocenters. The molecule has 0 heterocycles. The highest BCUT2D eigenvalue weighted by Gasteiger charge is 2.58. The van der Waals surface area contributed by atoms with Crippen LogP contribution in [0.2, 0.25) is 0 Å². The monoisotopic (exact) mass is 252 g/mol. The van der Waals surface area contributed by atoms with Crippen molar-refractivity contribution in [2.75, 3.05) is 6.61 Å². The molecule has 0 radical (unpaired) electrons. The molecule has 0 amide bonds. The molecule has 0 aromatic heterocycles. The van der Waals surface area contributed by atoms with E-state index in [2.05, 4.69) is 41.5 Å². The van der Waals surface area contributed by atoms with Crippen molar-refractivity contribution < 1.29 is 5.11 Å². The number of rotatable bonds is 2. The van der Waals surface area contributed by atoms with Gasteiger partial charge in [0.05, 0.1) is 0 Å². The van der Waals surface area contributed by atoms with Crippen molar-refractivity contribution in [2.24, 2.45) is 40.4 Å². The molecular weight excluding hydrogens is 220 g/mol. The smallest absolute Gasteiger partial charge is 0.0459 e. The van der Waals surface area contributed by atoms with Crippen molar-refractivity contribution in [3.8, 4) is 0 Å². The Balaban J connectivity index is 2.22. The molecule has 2 aliphatic rings. The Morgan fingerprint density at radius 1 is 1.06 bits per heavy atom. The van der Waals surface area contributed by atoms with Crippen LogP contribution in [0.25, 0.3) is 0 Å². The van der Waals surface area contributed by atoms with Gasteiger partial charge in [-0.2, -0.15) is 0 Å². The highest BCUT2D eigenvalue weighted by atomic mass is 16.3. The largest absolute Gasteiger partial charge is 0.396 e. The molecular formula is C17H32O. The molecule has 2 aliphatic carbocycles. The van der Waals surface area contributed by atoms with Gasteiger partial charge in [-0.3, -0.25) is 0 Å². The third kappa shape index (κ3) is 1.94. The fourth-order valence-corrected chi connectivity index (χ4v) is 5.18. The summed E-state index contributed by atoms with van der Waals surface area (Å²) < 4.78 is 0. The van der Waals surface area contributed by atoms with Crippen molar-refractivity contribution >= 4 is 0 Å². The quantitative estimate of drug-likeness (QED) is 0.774. The van der Waals surface area contributed by atoms with E-state index < -0.39 is 0 Å². The Morgan fingerprint density at radius 2 is 1.61 bits per heavy atom. The van der Waals surface area contributed by atoms with Crippen LogP contribution in [0.15, 0.2) is 0 Å². The first-order chi connectivity index (χ1) is 8.22. The Labute approximate surface area is 113 Å². The highest BCUT2D eigenvalue weighted by Crippen LogP contribution is 2.65. The summed E-state index contributed by atoms with van der Waals surface area (Å²) in [6.45, 7) is 15.0. The zero-order valence-electron chi connectivity index (χ0n) is 13.2. The van der Waals surface area contributed by atoms with Crippen LogP contribution in [0.4, 0.5) is 0 Å². The van der Waals surface area contributed by atoms with Gasteiger partial charge < -0.3 is 5.11 Å². The molecule has 1 heteroatoms. The molecule has 2 saturated carbocycles. The second-order valence-corrected chi connectivity index (χ2v) is 8.31. The van der Waals surface area contributed by atoms with E-state index in [1.54, 1.807) is 0 Å². The molecule has 1 N–H and O–H groups in total. The van der Waals surface area contributed by atoms with E-state index >= 15 is 0 Å². The summed E-state index contributed by atoms with van der Waals surface area (Å²) in [5.41, 5.74) is 0.948. The van der Waals surface area contributed by atoms with Crippen molar-refractivity contribution in [1.29, 1.82) is 0 Å². The van der Waals surface area contributed by atoms with Crippen LogP contribution in [0, 0.1) is 40.4 Å². The molecule has 106 valence electrons.